The van der Waals surface area contributed by atoms with Crippen LogP contribution < -0.4 is 5.32 Å². The van der Waals surface area contributed by atoms with Crippen molar-refractivity contribution in [2.45, 2.75) is 13.3 Å². The molecule has 1 N–H and O–H groups in total. The smallest absolute Gasteiger partial charge is 0.128 e. The predicted octanol–water partition coefficient (Wildman–Crippen LogP) is 2.33. The summed E-state index contributed by atoms with van der Waals surface area (Å²) >= 11 is 6.05. The van der Waals surface area contributed by atoms with Crippen LogP contribution in [-0.2, 0) is 6.42 Å². The number of halogens is 2. The average Bonchev–Trinajstić information content (AvgIpc) is 2.71. The van der Waals surface area contributed by atoms with Gasteiger partial charge in [-0.2, -0.15) is 0 Å². The van der Waals surface area contributed by atoms with Crippen LogP contribution >= 0.6 is 11.6 Å². The summed E-state index contributed by atoms with van der Waals surface area (Å²) in [5.41, 5.74) is 1.43. The third-order valence-corrected chi connectivity index (χ3v) is 2.99. The first-order chi connectivity index (χ1) is 7.18. The lowest BCUT2D eigenvalue weighted by Crippen LogP contribution is -2.21. The van der Waals surface area contributed by atoms with Gasteiger partial charge in [-0.15, -0.1) is 0 Å². The van der Waals surface area contributed by atoms with Crippen molar-refractivity contribution in [2.24, 2.45) is 4.99 Å². The maximum absolute atomic E-state index is 13.5. The first kappa shape index (κ1) is 10.4. The Balaban J connectivity index is 2.30. The number of aliphatic imine (C=N–C) groups is 1. The molecule has 0 spiro atoms. The SMILES string of the molecule is Cc1ccc(F)c(CC2=NCCN2)c1Cl. The lowest BCUT2D eigenvalue weighted by Gasteiger charge is -2.08. The fourth-order valence-electron chi connectivity index (χ4n) is 1.61. The molecule has 0 aromatic heterocycles. The van der Waals surface area contributed by atoms with E-state index >= 15 is 0 Å². The standard InChI is InChI=1S/C11H12ClFN2/c1-7-2-3-9(13)8(11(7)12)6-10-14-4-5-15-10/h2-3H,4-6H2,1H3,(H,14,15). The summed E-state index contributed by atoms with van der Waals surface area (Å²) in [5.74, 6) is 0.559. The van der Waals surface area contributed by atoms with Crippen molar-refractivity contribution in [1.29, 1.82) is 0 Å². The molecule has 0 atom stereocenters. The van der Waals surface area contributed by atoms with Gasteiger partial charge >= 0.3 is 0 Å². The minimum atomic E-state index is -0.262. The molecule has 2 nitrogen and oxygen atoms in total. The molecule has 0 fully saturated rings. The number of hydrogen-bond donors (Lipinski definition) is 1. The van der Waals surface area contributed by atoms with Crippen LogP contribution in [0.2, 0.25) is 5.02 Å². The van der Waals surface area contributed by atoms with Crippen molar-refractivity contribution in [3.63, 3.8) is 0 Å². The van der Waals surface area contributed by atoms with Gasteiger partial charge in [0.2, 0.25) is 0 Å². The monoisotopic (exact) mass is 226 g/mol. The number of aryl methyl sites for hydroxylation is 1. The fraction of sp³-hybridized carbons (Fsp3) is 0.364. The highest BCUT2D eigenvalue weighted by Crippen LogP contribution is 2.24. The molecule has 0 aliphatic carbocycles. The molecule has 0 radical (unpaired) electrons. The minimum absolute atomic E-state index is 0.262. The number of nitrogens with one attached hydrogen (secondary N) is 1. The van der Waals surface area contributed by atoms with Gasteiger partial charge in [0.15, 0.2) is 0 Å². The molecule has 0 unspecified atom stereocenters. The third kappa shape index (κ3) is 2.12. The highest BCUT2D eigenvalue weighted by Gasteiger charge is 2.14. The number of amidine groups is 1. The van der Waals surface area contributed by atoms with E-state index in [4.69, 9.17) is 11.6 Å². The number of benzene rings is 1. The predicted molar refractivity (Wildman–Crippen MR) is 60.2 cm³/mol. The van der Waals surface area contributed by atoms with Crippen LogP contribution in [0.5, 0.6) is 0 Å². The summed E-state index contributed by atoms with van der Waals surface area (Å²) < 4.78 is 13.5. The van der Waals surface area contributed by atoms with Gasteiger partial charge < -0.3 is 5.32 Å². The average molecular weight is 227 g/mol. The Morgan fingerprint density at radius 3 is 3.00 bits per heavy atom. The molecule has 80 valence electrons. The van der Waals surface area contributed by atoms with Crippen LogP contribution in [-0.4, -0.2) is 18.9 Å². The van der Waals surface area contributed by atoms with E-state index in [2.05, 4.69) is 10.3 Å². The van der Waals surface area contributed by atoms with Crippen LogP contribution in [0.1, 0.15) is 11.1 Å². The molecule has 1 aromatic rings. The number of nitrogens with zero attached hydrogens (tertiary/aromatic N) is 1. The van der Waals surface area contributed by atoms with E-state index < -0.39 is 0 Å². The Hall–Kier alpha value is -1.09. The normalized spacial score (nSPS) is 15.0. The van der Waals surface area contributed by atoms with Crippen molar-refractivity contribution in [3.8, 4) is 0 Å². The lowest BCUT2D eigenvalue weighted by molar-refractivity contribution is 0.615. The van der Waals surface area contributed by atoms with Crippen molar-refractivity contribution < 1.29 is 4.39 Å². The van der Waals surface area contributed by atoms with Crippen molar-refractivity contribution in [1.82, 2.24) is 5.32 Å². The minimum Gasteiger partial charge on any atom is -0.372 e. The van der Waals surface area contributed by atoms with Crippen LogP contribution in [0.4, 0.5) is 4.39 Å². The van der Waals surface area contributed by atoms with Gasteiger partial charge in [-0.1, -0.05) is 17.7 Å². The molecule has 2 rings (SSSR count). The second-order valence-corrected chi connectivity index (χ2v) is 3.97. The van der Waals surface area contributed by atoms with Crippen molar-refractivity contribution in [3.05, 3.63) is 34.1 Å². The second-order valence-electron chi connectivity index (χ2n) is 3.59. The first-order valence-electron chi connectivity index (χ1n) is 4.89. The molecule has 1 aliphatic heterocycles. The summed E-state index contributed by atoms with van der Waals surface area (Å²) in [6.07, 6.45) is 0.451. The van der Waals surface area contributed by atoms with E-state index in [1.165, 1.54) is 6.07 Å². The van der Waals surface area contributed by atoms with Crippen LogP contribution in [0.3, 0.4) is 0 Å². The summed E-state index contributed by atoms with van der Waals surface area (Å²) in [4.78, 5) is 4.22. The lowest BCUT2D eigenvalue weighted by atomic mass is 10.1. The van der Waals surface area contributed by atoms with Gasteiger partial charge in [0.1, 0.15) is 11.7 Å². The molecule has 0 bridgehead atoms. The second kappa shape index (κ2) is 4.19. The molecule has 0 saturated heterocycles. The van der Waals surface area contributed by atoms with Crippen LogP contribution in [0.25, 0.3) is 0 Å². The van der Waals surface area contributed by atoms with E-state index in [1.54, 1.807) is 6.07 Å². The molecule has 1 aromatic carbocycles. The van der Waals surface area contributed by atoms with E-state index in [0.717, 1.165) is 24.5 Å². The van der Waals surface area contributed by atoms with E-state index in [1.807, 2.05) is 6.92 Å². The third-order valence-electron chi connectivity index (χ3n) is 2.47. The summed E-state index contributed by atoms with van der Waals surface area (Å²) in [6.45, 7) is 3.47. The Labute approximate surface area is 93.2 Å². The largest absolute Gasteiger partial charge is 0.372 e. The highest BCUT2D eigenvalue weighted by molar-refractivity contribution is 6.32. The van der Waals surface area contributed by atoms with Crippen LogP contribution in [0, 0.1) is 12.7 Å². The molecule has 1 aliphatic rings. The summed E-state index contributed by atoms with van der Waals surface area (Å²) in [7, 11) is 0. The Kier molecular flexibility index (Phi) is 2.91. The molecule has 1 heterocycles. The van der Waals surface area contributed by atoms with Gasteiger partial charge in [0, 0.05) is 18.5 Å². The Morgan fingerprint density at radius 1 is 1.53 bits per heavy atom. The van der Waals surface area contributed by atoms with Crippen molar-refractivity contribution >= 4 is 17.4 Å². The van der Waals surface area contributed by atoms with E-state index in [0.29, 0.717) is 17.0 Å². The number of hydrogen-bond acceptors (Lipinski definition) is 2. The number of rotatable bonds is 2. The van der Waals surface area contributed by atoms with Gasteiger partial charge in [-0.05, 0) is 18.6 Å². The topological polar surface area (TPSA) is 24.4 Å². The zero-order chi connectivity index (χ0) is 10.8. The molecule has 0 saturated carbocycles. The fourth-order valence-corrected chi connectivity index (χ4v) is 1.83. The van der Waals surface area contributed by atoms with Crippen LogP contribution in [0.15, 0.2) is 17.1 Å². The zero-order valence-electron chi connectivity index (χ0n) is 8.48. The maximum Gasteiger partial charge on any atom is 0.128 e. The highest BCUT2D eigenvalue weighted by atomic mass is 35.5. The van der Waals surface area contributed by atoms with Crippen molar-refractivity contribution in [2.75, 3.05) is 13.1 Å². The first-order valence-corrected chi connectivity index (χ1v) is 5.27. The van der Waals surface area contributed by atoms with Gasteiger partial charge in [0.05, 0.1) is 11.6 Å². The molecule has 4 heteroatoms. The maximum atomic E-state index is 13.5. The Morgan fingerprint density at radius 2 is 2.33 bits per heavy atom. The molecule has 15 heavy (non-hydrogen) atoms. The molecular formula is C11H12ClFN2. The van der Waals surface area contributed by atoms with E-state index in [9.17, 15) is 4.39 Å². The molecule has 0 amide bonds. The van der Waals surface area contributed by atoms with Gasteiger partial charge in [-0.25, -0.2) is 4.39 Å². The quantitative estimate of drug-likeness (QED) is 0.823. The van der Waals surface area contributed by atoms with Gasteiger partial charge in [-0.3, -0.25) is 4.99 Å². The van der Waals surface area contributed by atoms with E-state index in [-0.39, 0.29) is 5.82 Å². The summed E-state index contributed by atoms with van der Waals surface area (Å²) in [5, 5.41) is 3.61. The zero-order valence-corrected chi connectivity index (χ0v) is 9.24. The Bertz CT molecular complexity index is 415. The molecular weight excluding hydrogens is 215 g/mol. The van der Waals surface area contributed by atoms with Gasteiger partial charge in [0.25, 0.3) is 0 Å². The summed E-state index contributed by atoms with van der Waals surface area (Å²) in [6, 6.07) is 3.14.